The van der Waals surface area contributed by atoms with Gasteiger partial charge in [-0.3, -0.25) is 0 Å². The Hall–Kier alpha value is -2.60. The third-order valence-corrected chi connectivity index (χ3v) is 4.34. The summed E-state index contributed by atoms with van der Waals surface area (Å²) in [5.74, 6) is 1.61. The van der Waals surface area contributed by atoms with E-state index in [1.807, 2.05) is 6.07 Å². The van der Waals surface area contributed by atoms with Gasteiger partial charge in [0.1, 0.15) is 5.75 Å². The Morgan fingerprint density at radius 3 is 2.12 bits per heavy atom. The second-order valence-corrected chi connectivity index (χ2v) is 5.63. The molecule has 128 valence electrons. The molecule has 6 heteroatoms. The molecule has 2 aromatic carbocycles. The number of methoxy groups -OCH3 is 3. The zero-order valence-corrected chi connectivity index (χ0v) is 13.9. The van der Waals surface area contributed by atoms with Gasteiger partial charge in [0, 0.05) is 18.2 Å². The first-order chi connectivity index (χ1) is 11.6. The Labute approximate surface area is 140 Å². The van der Waals surface area contributed by atoms with E-state index in [0.29, 0.717) is 17.2 Å². The van der Waals surface area contributed by atoms with E-state index >= 15 is 0 Å². The number of phenols is 2. The average molecular weight is 331 g/mol. The summed E-state index contributed by atoms with van der Waals surface area (Å²) in [5.41, 5.74) is 2.77. The number of hydrogen-bond donors (Lipinski definition) is 3. The van der Waals surface area contributed by atoms with Crippen molar-refractivity contribution >= 4 is 0 Å². The zero-order valence-electron chi connectivity index (χ0n) is 13.9. The van der Waals surface area contributed by atoms with Gasteiger partial charge >= 0.3 is 0 Å². The maximum atomic E-state index is 9.90. The van der Waals surface area contributed by atoms with Crippen LogP contribution in [0.2, 0.25) is 0 Å². The van der Waals surface area contributed by atoms with Crippen LogP contribution in [0.3, 0.4) is 0 Å². The van der Waals surface area contributed by atoms with E-state index in [1.165, 1.54) is 0 Å². The van der Waals surface area contributed by atoms with Gasteiger partial charge in [-0.05, 0) is 35.7 Å². The molecule has 1 unspecified atom stereocenters. The quantitative estimate of drug-likeness (QED) is 0.747. The number of phenolic OH excluding ortho intramolecular Hbond substituents is 2. The highest BCUT2D eigenvalue weighted by Crippen LogP contribution is 2.42. The van der Waals surface area contributed by atoms with Gasteiger partial charge in [0.2, 0.25) is 0 Å². The largest absolute Gasteiger partial charge is 0.504 e. The molecule has 1 atom stereocenters. The van der Waals surface area contributed by atoms with Crippen molar-refractivity contribution in [3.05, 3.63) is 41.0 Å². The highest BCUT2D eigenvalue weighted by atomic mass is 16.5. The van der Waals surface area contributed by atoms with Crippen LogP contribution in [0.5, 0.6) is 28.7 Å². The van der Waals surface area contributed by atoms with Crippen LogP contribution in [0.25, 0.3) is 0 Å². The molecule has 1 aliphatic heterocycles. The second kappa shape index (κ2) is 6.49. The van der Waals surface area contributed by atoms with Crippen molar-refractivity contribution in [2.75, 3.05) is 27.9 Å². The van der Waals surface area contributed by atoms with Crippen LogP contribution in [0, 0.1) is 0 Å². The summed E-state index contributed by atoms with van der Waals surface area (Å²) in [6.45, 7) is 0.749. The smallest absolute Gasteiger partial charge is 0.164 e. The van der Waals surface area contributed by atoms with Gasteiger partial charge in [-0.15, -0.1) is 0 Å². The molecule has 0 bridgehead atoms. The van der Waals surface area contributed by atoms with Gasteiger partial charge in [-0.25, -0.2) is 0 Å². The second-order valence-electron chi connectivity index (χ2n) is 5.63. The number of fused-ring (bicyclic) bond motifs is 1. The fraction of sp³-hybridized carbons (Fsp3) is 0.333. The van der Waals surface area contributed by atoms with Crippen molar-refractivity contribution in [2.45, 2.75) is 12.5 Å². The number of aromatic hydroxyl groups is 2. The molecule has 3 rings (SSSR count). The molecule has 1 aliphatic rings. The molecule has 0 amide bonds. The van der Waals surface area contributed by atoms with Gasteiger partial charge in [-0.2, -0.15) is 0 Å². The lowest BCUT2D eigenvalue weighted by molar-refractivity contribution is 0.345. The van der Waals surface area contributed by atoms with E-state index in [-0.39, 0.29) is 17.5 Å². The monoisotopic (exact) mass is 331 g/mol. The topological polar surface area (TPSA) is 80.2 Å². The number of nitrogens with one attached hydrogen (secondary N) is 1. The van der Waals surface area contributed by atoms with Crippen molar-refractivity contribution in [2.24, 2.45) is 0 Å². The lowest BCUT2D eigenvalue weighted by Crippen LogP contribution is -2.30. The van der Waals surface area contributed by atoms with E-state index in [1.54, 1.807) is 39.5 Å². The number of hydrogen-bond acceptors (Lipinski definition) is 6. The third-order valence-electron chi connectivity index (χ3n) is 4.34. The first-order valence-electron chi connectivity index (χ1n) is 7.67. The SMILES string of the molecule is COc1cc(OC)c(C2NCCc3cc(O)c(O)cc32)cc1OC. The highest BCUT2D eigenvalue weighted by molar-refractivity contribution is 5.56. The van der Waals surface area contributed by atoms with E-state index in [0.717, 1.165) is 29.7 Å². The predicted octanol–water partition coefficient (Wildman–Crippen LogP) is 2.36. The van der Waals surface area contributed by atoms with Crippen LogP contribution in [0.1, 0.15) is 22.7 Å². The first kappa shape index (κ1) is 16.3. The highest BCUT2D eigenvalue weighted by Gasteiger charge is 2.27. The average Bonchev–Trinajstić information content (AvgIpc) is 2.61. The van der Waals surface area contributed by atoms with Gasteiger partial charge in [0.25, 0.3) is 0 Å². The number of benzene rings is 2. The van der Waals surface area contributed by atoms with Crippen LogP contribution in [0.4, 0.5) is 0 Å². The maximum absolute atomic E-state index is 9.90. The van der Waals surface area contributed by atoms with E-state index in [9.17, 15) is 10.2 Å². The number of ether oxygens (including phenoxy) is 3. The summed E-state index contributed by atoms with van der Waals surface area (Å²) in [7, 11) is 4.76. The molecule has 0 aliphatic carbocycles. The molecule has 0 aromatic heterocycles. The van der Waals surface area contributed by atoms with Crippen LogP contribution >= 0.6 is 0 Å². The van der Waals surface area contributed by atoms with Crippen molar-refractivity contribution in [1.29, 1.82) is 0 Å². The summed E-state index contributed by atoms with van der Waals surface area (Å²) in [6, 6.07) is 6.68. The molecule has 0 fully saturated rings. The van der Waals surface area contributed by atoms with E-state index < -0.39 is 0 Å². The Morgan fingerprint density at radius 2 is 1.46 bits per heavy atom. The molecule has 2 aromatic rings. The molecule has 6 nitrogen and oxygen atoms in total. The molecule has 3 N–H and O–H groups in total. The fourth-order valence-electron chi connectivity index (χ4n) is 3.14. The Bertz CT molecular complexity index is 760. The Kier molecular flexibility index (Phi) is 4.40. The molecule has 0 spiro atoms. The Morgan fingerprint density at radius 1 is 0.833 bits per heavy atom. The molecular weight excluding hydrogens is 310 g/mol. The molecule has 0 saturated carbocycles. The minimum absolute atomic E-state index is 0.103. The zero-order chi connectivity index (χ0) is 17.3. The normalized spacial score (nSPS) is 16.4. The molecule has 24 heavy (non-hydrogen) atoms. The first-order valence-corrected chi connectivity index (χ1v) is 7.67. The summed E-state index contributed by atoms with van der Waals surface area (Å²) in [5, 5.41) is 23.1. The summed E-state index contributed by atoms with van der Waals surface area (Å²) in [6.07, 6.45) is 0.773. The van der Waals surface area contributed by atoms with Crippen LogP contribution < -0.4 is 19.5 Å². The fourth-order valence-corrected chi connectivity index (χ4v) is 3.14. The van der Waals surface area contributed by atoms with Gasteiger partial charge in [0.15, 0.2) is 23.0 Å². The van der Waals surface area contributed by atoms with Crippen LogP contribution in [-0.4, -0.2) is 38.1 Å². The minimum atomic E-state index is -0.185. The lowest BCUT2D eigenvalue weighted by Gasteiger charge is -2.29. The van der Waals surface area contributed by atoms with Crippen LogP contribution in [-0.2, 0) is 6.42 Å². The molecular formula is C18H21NO5. The summed E-state index contributed by atoms with van der Waals surface area (Å²) in [4.78, 5) is 0. The van der Waals surface area contributed by atoms with Gasteiger partial charge in [0.05, 0.1) is 27.4 Å². The van der Waals surface area contributed by atoms with E-state index in [4.69, 9.17) is 14.2 Å². The summed E-state index contributed by atoms with van der Waals surface area (Å²) < 4.78 is 16.2. The van der Waals surface area contributed by atoms with Crippen molar-refractivity contribution in [3.8, 4) is 28.7 Å². The van der Waals surface area contributed by atoms with Crippen LogP contribution in [0.15, 0.2) is 24.3 Å². The predicted molar refractivity (Wildman–Crippen MR) is 89.4 cm³/mol. The lowest BCUT2D eigenvalue weighted by atomic mass is 9.88. The molecule has 0 radical (unpaired) electrons. The third kappa shape index (κ3) is 2.69. The standard InChI is InChI=1S/C18H21NO5/c1-22-15-9-17(24-3)16(23-2)8-12(15)18-11-7-14(21)13(20)6-10(11)4-5-19-18/h6-9,18-21H,4-5H2,1-3H3. The van der Waals surface area contributed by atoms with Crippen molar-refractivity contribution < 1.29 is 24.4 Å². The molecule has 1 heterocycles. The Balaban J connectivity index is 2.15. The van der Waals surface area contributed by atoms with Crippen molar-refractivity contribution in [1.82, 2.24) is 5.32 Å². The van der Waals surface area contributed by atoms with Gasteiger partial charge < -0.3 is 29.7 Å². The number of rotatable bonds is 4. The van der Waals surface area contributed by atoms with E-state index in [2.05, 4.69) is 5.32 Å². The summed E-state index contributed by atoms with van der Waals surface area (Å²) >= 11 is 0. The minimum Gasteiger partial charge on any atom is -0.504 e. The molecule has 0 saturated heterocycles. The van der Waals surface area contributed by atoms with Crippen molar-refractivity contribution in [3.63, 3.8) is 0 Å². The maximum Gasteiger partial charge on any atom is 0.164 e. The van der Waals surface area contributed by atoms with Gasteiger partial charge in [-0.1, -0.05) is 0 Å².